The standard InChI is InChI=1S/C13H13Cl2NOS/c14-9-3-1-8(2-4-9)10(7-16)12(17)13-11(15)5-6-18-13/h1-6,10,12,17H,7,16H2. The van der Waals surface area contributed by atoms with E-state index in [0.29, 0.717) is 16.6 Å². The zero-order valence-electron chi connectivity index (χ0n) is 9.51. The normalized spacial score (nSPS) is 14.4. The van der Waals surface area contributed by atoms with Gasteiger partial charge in [-0.15, -0.1) is 11.3 Å². The van der Waals surface area contributed by atoms with Gasteiger partial charge in [0.15, 0.2) is 0 Å². The average Bonchev–Trinajstić information content (AvgIpc) is 2.78. The third-order valence-electron chi connectivity index (χ3n) is 2.85. The molecule has 0 bridgehead atoms. The van der Waals surface area contributed by atoms with E-state index in [1.165, 1.54) is 11.3 Å². The number of nitrogens with two attached hydrogens (primary N) is 1. The molecule has 1 aromatic carbocycles. The van der Waals surface area contributed by atoms with Crippen molar-refractivity contribution in [2.45, 2.75) is 12.0 Å². The summed E-state index contributed by atoms with van der Waals surface area (Å²) < 4.78 is 0. The Balaban J connectivity index is 2.28. The molecule has 2 atom stereocenters. The smallest absolute Gasteiger partial charge is 0.0977 e. The van der Waals surface area contributed by atoms with E-state index in [1.54, 1.807) is 18.2 Å². The summed E-state index contributed by atoms with van der Waals surface area (Å²) in [4.78, 5) is 0.752. The highest BCUT2D eigenvalue weighted by Gasteiger charge is 2.24. The second kappa shape index (κ2) is 6.04. The molecule has 1 heterocycles. The highest BCUT2D eigenvalue weighted by Crippen LogP contribution is 2.37. The molecule has 0 saturated carbocycles. The van der Waals surface area contributed by atoms with Gasteiger partial charge in [-0.1, -0.05) is 35.3 Å². The zero-order valence-corrected chi connectivity index (χ0v) is 11.8. The maximum absolute atomic E-state index is 10.4. The fourth-order valence-corrected chi connectivity index (χ4v) is 3.20. The van der Waals surface area contributed by atoms with Gasteiger partial charge in [0.2, 0.25) is 0 Å². The van der Waals surface area contributed by atoms with Crippen molar-refractivity contribution in [1.29, 1.82) is 0 Å². The van der Waals surface area contributed by atoms with E-state index in [-0.39, 0.29) is 5.92 Å². The Morgan fingerprint density at radius 1 is 1.17 bits per heavy atom. The summed E-state index contributed by atoms with van der Waals surface area (Å²) in [5.74, 6) is -0.182. The number of thiophene rings is 1. The number of hydrogen-bond acceptors (Lipinski definition) is 3. The van der Waals surface area contributed by atoms with Crippen LogP contribution in [0, 0.1) is 0 Å². The van der Waals surface area contributed by atoms with Gasteiger partial charge in [0.25, 0.3) is 0 Å². The van der Waals surface area contributed by atoms with Crippen LogP contribution in [0.4, 0.5) is 0 Å². The molecule has 0 aliphatic heterocycles. The first kappa shape index (κ1) is 13.8. The first-order chi connectivity index (χ1) is 8.63. The molecular weight excluding hydrogens is 289 g/mol. The lowest BCUT2D eigenvalue weighted by Gasteiger charge is -2.21. The van der Waals surface area contributed by atoms with Crippen LogP contribution in [-0.4, -0.2) is 11.7 Å². The molecule has 18 heavy (non-hydrogen) atoms. The number of aliphatic hydroxyl groups excluding tert-OH is 1. The van der Waals surface area contributed by atoms with E-state index in [4.69, 9.17) is 28.9 Å². The van der Waals surface area contributed by atoms with Gasteiger partial charge in [-0.25, -0.2) is 0 Å². The lowest BCUT2D eigenvalue weighted by molar-refractivity contribution is 0.151. The molecule has 5 heteroatoms. The highest BCUT2D eigenvalue weighted by atomic mass is 35.5. The molecule has 0 amide bonds. The molecule has 2 rings (SSSR count). The summed E-state index contributed by atoms with van der Waals surface area (Å²) in [7, 11) is 0. The van der Waals surface area contributed by atoms with Gasteiger partial charge >= 0.3 is 0 Å². The molecule has 96 valence electrons. The van der Waals surface area contributed by atoms with Crippen LogP contribution >= 0.6 is 34.5 Å². The van der Waals surface area contributed by atoms with Gasteiger partial charge in [0.1, 0.15) is 0 Å². The van der Waals surface area contributed by atoms with Crippen LogP contribution in [0.2, 0.25) is 10.0 Å². The lowest BCUT2D eigenvalue weighted by Crippen LogP contribution is -2.19. The molecule has 0 aliphatic rings. The predicted molar refractivity (Wildman–Crippen MR) is 77.5 cm³/mol. The third-order valence-corrected chi connectivity index (χ3v) is 4.53. The topological polar surface area (TPSA) is 46.2 Å². The van der Waals surface area contributed by atoms with Gasteiger partial charge in [-0.05, 0) is 29.1 Å². The quantitative estimate of drug-likeness (QED) is 0.901. The van der Waals surface area contributed by atoms with Gasteiger partial charge in [0.05, 0.1) is 16.0 Å². The molecule has 3 N–H and O–H groups in total. The number of rotatable bonds is 4. The summed E-state index contributed by atoms with van der Waals surface area (Å²) in [6.07, 6.45) is -0.691. The van der Waals surface area contributed by atoms with Crippen LogP contribution in [0.15, 0.2) is 35.7 Å². The second-order valence-corrected chi connectivity index (χ2v) is 5.76. The maximum Gasteiger partial charge on any atom is 0.0977 e. The van der Waals surface area contributed by atoms with E-state index < -0.39 is 6.10 Å². The molecule has 0 spiro atoms. The van der Waals surface area contributed by atoms with Crippen molar-refractivity contribution in [2.75, 3.05) is 6.54 Å². The van der Waals surface area contributed by atoms with Gasteiger partial charge < -0.3 is 10.8 Å². The predicted octanol–water partition coefficient (Wildman–Crippen LogP) is 3.83. The maximum atomic E-state index is 10.4. The molecule has 2 nitrogen and oxygen atoms in total. The van der Waals surface area contributed by atoms with E-state index in [0.717, 1.165) is 10.4 Å². The van der Waals surface area contributed by atoms with E-state index >= 15 is 0 Å². The summed E-state index contributed by atoms with van der Waals surface area (Å²) in [6, 6.07) is 9.12. The van der Waals surface area contributed by atoms with Crippen LogP contribution in [0.5, 0.6) is 0 Å². The van der Waals surface area contributed by atoms with Crippen molar-refractivity contribution in [3.63, 3.8) is 0 Å². The monoisotopic (exact) mass is 301 g/mol. The molecule has 2 unspecified atom stereocenters. The highest BCUT2D eigenvalue weighted by molar-refractivity contribution is 7.10. The minimum Gasteiger partial charge on any atom is -0.387 e. The van der Waals surface area contributed by atoms with Gasteiger partial charge in [-0.3, -0.25) is 0 Å². The van der Waals surface area contributed by atoms with Crippen LogP contribution in [0.1, 0.15) is 22.5 Å². The Hall–Kier alpha value is -0.580. The Labute approximate surface area is 120 Å². The Bertz CT molecular complexity index is 512. The van der Waals surface area contributed by atoms with Crippen molar-refractivity contribution in [3.05, 3.63) is 56.2 Å². The van der Waals surface area contributed by atoms with Crippen molar-refractivity contribution >= 4 is 34.5 Å². The molecule has 0 saturated heterocycles. The zero-order chi connectivity index (χ0) is 13.1. The van der Waals surface area contributed by atoms with Crippen LogP contribution in [0.25, 0.3) is 0 Å². The first-order valence-electron chi connectivity index (χ1n) is 5.50. The number of hydrogen-bond donors (Lipinski definition) is 2. The Morgan fingerprint density at radius 3 is 2.33 bits per heavy atom. The van der Waals surface area contributed by atoms with Crippen molar-refractivity contribution in [3.8, 4) is 0 Å². The van der Waals surface area contributed by atoms with Crippen molar-refractivity contribution in [1.82, 2.24) is 0 Å². The van der Waals surface area contributed by atoms with Crippen LogP contribution in [-0.2, 0) is 0 Å². The van der Waals surface area contributed by atoms with Crippen LogP contribution in [0.3, 0.4) is 0 Å². The lowest BCUT2D eigenvalue weighted by atomic mass is 9.92. The van der Waals surface area contributed by atoms with Crippen LogP contribution < -0.4 is 5.73 Å². The minimum absolute atomic E-state index is 0.182. The number of halogens is 2. The van der Waals surface area contributed by atoms with Crippen molar-refractivity contribution in [2.24, 2.45) is 5.73 Å². The molecule has 0 aliphatic carbocycles. The SMILES string of the molecule is NCC(c1ccc(Cl)cc1)C(O)c1sccc1Cl. The number of benzene rings is 1. The first-order valence-corrected chi connectivity index (χ1v) is 7.13. The summed E-state index contributed by atoms with van der Waals surface area (Å²) in [6.45, 7) is 0.344. The molecule has 0 fully saturated rings. The fraction of sp³-hybridized carbons (Fsp3) is 0.231. The Morgan fingerprint density at radius 2 is 1.83 bits per heavy atom. The molecule has 1 aromatic heterocycles. The summed E-state index contributed by atoms with van der Waals surface area (Å²) in [5.41, 5.74) is 6.73. The third kappa shape index (κ3) is 2.87. The number of aliphatic hydroxyl groups is 1. The second-order valence-electron chi connectivity index (χ2n) is 3.97. The largest absolute Gasteiger partial charge is 0.387 e. The fourth-order valence-electron chi connectivity index (χ4n) is 1.86. The van der Waals surface area contributed by atoms with Gasteiger partial charge in [0, 0.05) is 17.5 Å². The Kier molecular flexibility index (Phi) is 4.65. The van der Waals surface area contributed by atoms with E-state index in [1.807, 2.05) is 17.5 Å². The van der Waals surface area contributed by atoms with E-state index in [2.05, 4.69) is 0 Å². The van der Waals surface area contributed by atoms with Crippen molar-refractivity contribution < 1.29 is 5.11 Å². The van der Waals surface area contributed by atoms with Gasteiger partial charge in [-0.2, -0.15) is 0 Å². The summed E-state index contributed by atoms with van der Waals surface area (Å²) >= 11 is 13.3. The molecular formula is C13H13Cl2NOS. The molecule has 2 aromatic rings. The average molecular weight is 302 g/mol. The molecule has 0 radical (unpaired) electrons. The van der Waals surface area contributed by atoms with E-state index in [9.17, 15) is 5.11 Å². The summed E-state index contributed by atoms with van der Waals surface area (Å²) in [5, 5.41) is 13.5. The minimum atomic E-state index is -0.691.